The van der Waals surface area contributed by atoms with Crippen molar-refractivity contribution in [2.24, 2.45) is 0 Å². The summed E-state index contributed by atoms with van der Waals surface area (Å²) in [7, 11) is 3.89. The molecule has 0 aliphatic heterocycles. The smallest absolute Gasteiger partial charge is 0.191 e. The molecule has 0 atom stereocenters. The van der Waals surface area contributed by atoms with Crippen molar-refractivity contribution < 1.29 is 4.79 Å². The third kappa shape index (κ3) is 2.16. The van der Waals surface area contributed by atoms with Gasteiger partial charge in [-0.3, -0.25) is 4.79 Å². The molecule has 0 amide bonds. The molecule has 1 aliphatic rings. The number of fused-ring (bicyclic) bond motifs is 1. The van der Waals surface area contributed by atoms with Gasteiger partial charge in [0, 0.05) is 36.3 Å². The zero-order valence-corrected chi connectivity index (χ0v) is 11.1. The van der Waals surface area contributed by atoms with Crippen LogP contribution in [-0.2, 0) is 6.42 Å². The maximum absolute atomic E-state index is 12.1. The van der Waals surface area contributed by atoms with Gasteiger partial charge in [0.05, 0.1) is 3.79 Å². The number of carbonyl (C=O) groups is 1. The lowest BCUT2D eigenvalue weighted by Crippen LogP contribution is -2.15. The van der Waals surface area contributed by atoms with E-state index in [1.54, 1.807) is 11.3 Å². The summed E-state index contributed by atoms with van der Waals surface area (Å²) in [6.45, 7) is 0. The largest absolute Gasteiger partial charge is 0.383 e. The molecule has 1 aromatic heterocycles. The molecule has 0 spiro atoms. The minimum absolute atomic E-state index is 0.187. The lowest BCUT2D eigenvalue weighted by Gasteiger charge is -2.15. The Bertz CT molecular complexity index is 434. The summed E-state index contributed by atoms with van der Waals surface area (Å²) in [4.78, 5) is 15.2. The number of thiophene rings is 1. The molecule has 0 bridgehead atoms. The van der Waals surface area contributed by atoms with Crippen molar-refractivity contribution in [1.29, 1.82) is 0 Å². The summed E-state index contributed by atoms with van der Waals surface area (Å²) < 4.78 is 1.05. The van der Waals surface area contributed by atoms with Crippen LogP contribution >= 0.6 is 27.3 Å². The molecule has 0 radical (unpaired) electrons. The number of rotatable bonds is 1. The van der Waals surface area contributed by atoms with Gasteiger partial charge in [-0.05, 0) is 34.8 Å². The van der Waals surface area contributed by atoms with E-state index < -0.39 is 0 Å². The lowest BCUT2D eigenvalue weighted by molar-refractivity contribution is 0.102. The summed E-state index contributed by atoms with van der Waals surface area (Å²) in [5.74, 6) is 0.187. The number of hydrogen-bond donors (Lipinski definition) is 0. The molecule has 1 heterocycles. The summed E-state index contributed by atoms with van der Waals surface area (Å²) in [5.41, 5.74) is 1.80. The minimum Gasteiger partial charge on any atom is -0.383 e. The highest BCUT2D eigenvalue weighted by atomic mass is 79.9. The van der Waals surface area contributed by atoms with Gasteiger partial charge in [-0.1, -0.05) is 0 Å². The molecule has 1 aliphatic carbocycles. The zero-order valence-electron chi connectivity index (χ0n) is 8.71. The second-order valence-electron chi connectivity index (χ2n) is 3.83. The van der Waals surface area contributed by atoms with Gasteiger partial charge in [-0.25, -0.2) is 0 Å². The van der Waals surface area contributed by atoms with E-state index in [1.165, 1.54) is 4.88 Å². The Morgan fingerprint density at radius 2 is 2.20 bits per heavy atom. The van der Waals surface area contributed by atoms with E-state index in [0.717, 1.165) is 27.8 Å². The van der Waals surface area contributed by atoms with Crippen molar-refractivity contribution in [3.05, 3.63) is 32.1 Å². The molecule has 0 unspecified atom stereocenters. The van der Waals surface area contributed by atoms with E-state index >= 15 is 0 Å². The fourth-order valence-corrected chi connectivity index (χ4v) is 3.44. The summed E-state index contributed by atoms with van der Waals surface area (Å²) in [6, 6.07) is 1.94. The first-order valence-corrected chi connectivity index (χ1v) is 6.39. The predicted molar refractivity (Wildman–Crippen MR) is 66.4 cm³/mol. The molecule has 2 nitrogen and oxygen atoms in total. The standard InChI is InChI=1S/C11H12BrNOS/c1-13(2)6-7-3-4-9-8(11(7)14)5-10(12)15-9/h5-6H,3-4H2,1-2H3/b7-6-. The third-order valence-electron chi connectivity index (χ3n) is 2.35. The molecular weight excluding hydrogens is 274 g/mol. The Morgan fingerprint density at radius 3 is 2.87 bits per heavy atom. The quantitative estimate of drug-likeness (QED) is 0.739. The summed E-state index contributed by atoms with van der Waals surface area (Å²) >= 11 is 5.10. The second kappa shape index (κ2) is 4.10. The van der Waals surface area contributed by atoms with Crippen molar-refractivity contribution in [1.82, 2.24) is 4.90 Å². The van der Waals surface area contributed by atoms with Crippen molar-refractivity contribution in [2.45, 2.75) is 12.8 Å². The highest BCUT2D eigenvalue weighted by molar-refractivity contribution is 9.11. The van der Waals surface area contributed by atoms with E-state index in [4.69, 9.17) is 0 Å². The van der Waals surface area contributed by atoms with Gasteiger partial charge in [0.25, 0.3) is 0 Å². The highest BCUT2D eigenvalue weighted by Crippen LogP contribution is 2.34. The Kier molecular flexibility index (Phi) is 2.98. The molecule has 15 heavy (non-hydrogen) atoms. The van der Waals surface area contributed by atoms with Crippen LogP contribution in [0, 0.1) is 0 Å². The van der Waals surface area contributed by atoms with Crippen LogP contribution < -0.4 is 0 Å². The monoisotopic (exact) mass is 285 g/mol. The molecule has 2 rings (SSSR count). The first-order valence-electron chi connectivity index (χ1n) is 4.78. The van der Waals surface area contributed by atoms with Crippen LogP contribution in [0.4, 0.5) is 0 Å². The molecule has 0 fully saturated rings. The molecular formula is C11H12BrNOS. The van der Waals surface area contributed by atoms with E-state index in [1.807, 2.05) is 31.3 Å². The number of hydrogen-bond acceptors (Lipinski definition) is 3. The zero-order chi connectivity index (χ0) is 11.0. The number of nitrogens with zero attached hydrogens (tertiary/aromatic N) is 1. The number of Topliss-reactive ketones (excluding diaryl/α,β-unsaturated/α-hetero) is 1. The maximum atomic E-state index is 12.1. The van der Waals surface area contributed by atoms with Crippen molar-refractivity contribution in [3.8, 4) is 0 Å². The number of carbonyl (C=O) groups excluding carboxylic acids is 1. The normalized spacial score (nSPS) is 18.1. The molecule has 0 N–H and O–H groups in total. The number of aryl methyl sites for hydroxylation is 1. The molecule has 80 valence electrons. The van der Waals surface area contributed by atoms with Crippen LogP contribution in [0.5, 0.6) is 0 Å². The maximum Gasteiger partial charge on any atom is 0.191 e. The van der Waals surface area contributed by atoms with Gasteiger partial charge in [0.1, 0.15) is 0 Å². The molecule has 0 aromatic carbocycles. The van der Waals surface area contributed by atoms with Crippen LogP contribution in [0.15, 0.2) is 21.6 Å². The van der Waals surface area contributed by atoms with Crippen LogP contribution in [0.2, 0.25) is 0 Å². The highest BCUT2D eigenvalue weighted by Gasteiger charge is 2.24. The summed E-state index contributed by atoms with van der Waals surface area (Å²) in [5, 5.41) is 0. The number of ketones is 1. The average molecular weight is 286 g/mol. The summed E-state index contributed by atoms with van der Waals surface area (Å²) in [6.07, 6.45) is 3.77. The first kappa shape index (κ1) is 10.9. The van der Waals surface area contributed by atoms with E-state index in [0.29, 0.717) is 0 Å². The number of allylic oxidation sites excluding steroid dienone is 1. The van der Waals surface area contributed by atoms with E-state index in [9.17, 15) is 4.79 Å². The minimum atomic E-state index is 0.187. The average Bonchev–Trinajstić information content (AvgIpc) is 2.51. The van der Waals surface area contributed by atoms with Gasteiger partial charge in [-0.2, -0.15) is 0 Å². The van der Waals surface area contributed by atoms with E-state index in [2.05, 4.69) is 15.9 Å². The Hall–Kier alpha value is -0.610. The fraction of sp³-hybridized carbons (Fsp3) is 0.364. The van der Waals surface area contributed by atoms with Gasteiger partial charge in [-0.15, -0.1) is 11.3 Å². The van der Waals surface area contributed by atoms with Gasteiger partial charge < -0.3 is 4.90 Å². The van der Waals surface area contributed by atoms with Crippen LogP contribution in [0.1, 0.15) is 21.7 Å². The molecule has 0 saturated heterocycles. The van der Waals surface area contributed by atoms with Crippen LogP contribution in [-0.4, -0.2) is 24.8 Å². The van der Waals surface area contributed by atoms with Crippen molar-refractivity contribution in [2.75, 3.05) is 14.1 Å². The van der Waals surface area contributed by atoms with Crippen molar-refractivity contribution >= 4 is 33.0 Å². The topological polar surface area (TPSA) is 20.3 Å². The Balaban J connectivity index is 2.37. The Labute approximate surface area is 102 Å². The lowest BCUT2D eigenvalue weighted by atomic mass is 9.93. The van der Waals surface area contributed by atoms with Gasteiger partial charge in [0.2, 0.25) is 0 Å². The van der Waals surface area contributed by atoms with Crippen LogP contribution in [0.3, 0.4) is 0 Å². The van der Waals surface area contributed by atoms with Crippen LogP contribution in [0.25, 0.3) is 0 Å². The predicted octanol–water partition coefficient (Wildman–Crippen LogP) is 3.09. The van der Waals surface area contributed by atoms with Gasteiger partial charge in [0.15, 0.2) is 5.78 Å². The molecule has 1 aromatic rings. The SMILES string of the molecule is CN(C)/C=C1/CCc2sc(Br)cc2C1=O. The van der Waals surface area contributed by atoms with Gasteiger partial charge >= 0.3 is 0 Å². The first-order chi connectivity index (χ1) is 7.08. The van der Waals surface area contributed by atoms with Crippen molar-refractivity contribution in [3.63, 3.8) is 0 Å². The van der Waals surface area contributed by atoms with E-state index in [-0.39, 0.29) is 5.78 Å². The second-order valence-corrected chi connectivity index (χ2v) is 6.35. The molecule has 0 saturated carbocycles. The Morgan fingerprint density at radius 1 is 1.47 bits per heavy atom. The third-order valence-corrected chi connectivity index (χ3v) is 4.05. The number of halogens is 1. The molecule has 4 heteroatoms. The fourth-order valence-electron chi connectivity index (χ4n) is 1.74.